The van der Waals surface area contributed by atoms with Crippen LogP contribution in [0.15, 0.2) is 35.7 Å². The summed E-state index contributed by atoms with van der Waals surface area (Å²) in [5.74, 6) is 0.643. The minimum absolute atomic E-state index is 0.155. The van der Waals surface area contributed by atoms with E-state index in [1.807, 2.05) is 36.6 Å². The molecule has 1 aromatic heterocycles. The summed E-state index contributed by atoms with van der Waals surface area (Å²) in [4.78, 5) is 0.919. The normalized spacial score (nSPS) is 13.9. The van der Waals surface area contributed by atoms with Crippen molar-refractivity contribution in [3.63, 3.8) is 0 Å². The van der Waals surface area contributed by atoms with Gasteiger partial charge in [-0.05, 0) is 31.4 Å². The first kappa shape index (κ1) is 15.8. The highest BCUT2D eigenvalue weighted by atomic mass is 32.1. The molecule has 2 rings (SSSR count). The highest BCUT2D eigenvalue weighted by Crippen LogP contribution is 2.30. The van der Waals surface area contributed by atoms with Crippen molar-refractivity contribution in [2.45, 2.75) is 26.0 Å². The Hall–Kier alpha value is -1.56. The number of hydrogen-bond acceptors (Lipinski definition) is 5. The Bertz CT molecular complexity index is 567. The van der Waals surface area contributed by atoms with Gasteiger partial charge in [0.15, 0.2) is 11.5 Å². The van der Waals surface area contributed by atoms with Gasteiger partial charge >= 0.3 is 0 Å². The summed E-state index contributed by atoms with van der Waals surface area (Å²) < 4.78 is 5.36. The van der Waals surface area contributed by atoms with E-state index in [0.717, 1.165) is 10.4 Å². The quantitative estimate of drug-likeness (QED) is 0.736. The van der Waals surface area contributed by atoms with E-state index >= 15 is 0 Å². The molecule has 0 saturated carbocycles. The lowest BCUT2D eigenvalue weighted by atomic mass is 10.1. The molecular weight excluding hydrogens is 286 g/mol. The maximum atomic E-state index is 10.4. The van der Waals surface area contributed by atoms with E-state index in [9.17, 15) is 10.2 Å². The summed E-state index contributed by atoms with van der Waals surface area (Å²) in [6.07, 6.45) is 0. The van der Waals surface area contributed by atoms with Crippen LogP contribution in [0.5, 0.6) is 11.5 Å². The minimum Gasteiger partial charge on any atom is -0.504 e. The molecule has 0 aliphatic heterocycles. The predicted octanol–water partition coefficient (Wildman–Crippen LogP) is 2.85. The predicted molar refractivity (Wildman–Crippen MR) is 84.9 cm³/mol. The van der Waals surface area contributed by atoms with Gasteiger partial charge in [0.1, 0.15) is 5.60 Å². The first-order valence-corrected chi connectivity index (χ1v) is 7.83. The molecule has 0 bridgehead atoms. The smallest absolute Gasteiger partial charge is 0.162 e. The number of phenolic OH excluding ortho intramolecular Hbond substituents is 1. The van der Waals surface area contributed by atoms with Crippen LogP contribution in [0.3, 0.4) is 0 Å². The Morgan fingerprint density at radius 3 is 2.76 bits per heavy atom. The summed E-state index contributed by atoms with van der Waals surface area (Å²) in [5.41, 5.74) is -0.163. The molecule has 0 saturated heterocycles. The molecular formula is C16H21NO3S. The van der Waals surface area contributed by atoms with Crippen LogP contribution in [0, 0.1) is 0 Å². The van der Waals surface area contributed by atoms with Gasteiger partial charge in [0.25, 0.3) is 0 Å². The summed E-state index contributed by atoms with van der Waals surface area (Å²) in [6, 6.07) is 9.26. The Kier molecular flexibility index (Phi) is 5.22. The van der Waals surface area contributed by atoms with Gasteiger partial charge in [-0.1, -0.05) is 18.2 Å². The minimum atomic E-state index is -0.915. The van der Waals surface area contributed by atoms with E-state index in [2.05, 4.69) is 5.32 Å². The maximum Gasteiger partial charge on any atom is 0.162 e. The molecule has 114 valence electrons. The summed E-state index contributed by atoms with van der Waals surface area (Å²) in [5, 5.41) is 25.7. The second-order valence-electron chi connectivity index (χ2n) is 5.05. The van der Waals surface area contributed by atoms with Crippen molar-refractivity contribution in [1.82, 2.24) is 5.32 Å². The molecule has 21 heavy (non-hydrogen) atoms. The number of nitrogens with one attached hydrogen (secondary N) is 1. The van der Waals surface area contributed by atoms with Crippen molar-refractivity contribution in [2.75, 3.05) is 13.2 Å². The van der Waals surface area contributed by atoms with Gasteiger partial charge in [0.05, 0.1) is 6.61 Å². The Balaban J connectivity index is 1.96. The lowest BCUT2D eigenvalue weighted by Gasteiger charge is -2.22. The van der Waals surface area contributed by atoms with E-state index in [-0.39, 0.29) is 5.75 Å². The van der Waals surface area contributed by atoms with E-state index < -0.39 is 5.60 Å². The Labute approximate surface area is 129 Å². The zero-order valence-electron chi connectivity index (χ0n) is 12.3. The highest BCUT2D eigenvalue weighted by Gasteiger charge is 2.23. The third-order valence-corrected chi connectivity index (χ3v) is 4.34. The second kappa shape index (κ2) is 6.93. The van der Waals surface area contributed by atoms with Gasteiger partial charge < -0.3 is 20.3 Å². The fourth-order valence-electron chi connectivity index (χ4n) is 2.10. The van der Waals surface area contributed by atoms with Gasteiger partial charge in [-0.2, -0.15) is 0 Å². The third kappa shape index (κ3) is 3.97. The number of hydrogen-bond donors (Lipinski definition) is 3. The molecule has 0 radical (unpaired) electrons. The van der Waals surface area contributed by atoms with Crippen LogP contribution in [0.25, 0.3) is 0 Å². The Morgan fingerprint density at radius 1 is 1.29 bits per heavy atom. The van der Waals surface area contributed by atoms with Crippen molar-refractivity contribution in [2.24, 2.45) is 0 Å². The van der Waals surface area contributed by atoms with Gasteiger partial charge in [-0.3, -0.25) is 0 Å². The van der Waals surface area contributed by atoms with Gasteiger partial charge in [0, 0.05) is 23.5 Å². The fraction of sp³-hybridized carbons (Fsp3) is 0.375. The van der Waals surface area contributed by atoms with Crippen LogP contribution in [-0.4, -0.2) is 23.4 Å². The number of aromatic hydroxyl groups is 1. The van der Waals surface area contributed by atoms with Crippen molar-refractivity contribution in [3.05, 3.63) is 46.2 Å². The summed E-state index contributed by atoms with van der Waals surface area (Å²) >= 11 is 1.53. The largest absolute Gasteiger partial charge is 0.504 e. The maximum absolute atomic E-state index is 10.4. The molecule has 3 N–H and O–H groups in total. The molecule has 4 nitrogen and oxygen atoms in total. The number of aliphatic hydroxyl groups is 1. The first-order chi connectivity index (χ1) is 10.0. The van der Waals surface area contributed by atoms with Crippen molar-refractivity contribution >= 4 is 11.3 Å². The molecule has 5 heteroatoms. The molecule has 1 heterocycles. The number of phenols is 1. The van der Waals surface area contributed by atoms with Crippen LogP contribution in [0.2, 0.25) is 0 Å². The zero-order valence-corrected chi connectivity index (χ0v) is 13.1. The van der Waals surface area contributed by atoms with E-state index in [1.165, 1.54) is 11.3 Å². The van der Waals surface area contributed by atoms with Crippen LogP contribution in [-0.2, 0) is 12.1 Å². The number of rotatable bonds is 7. The molecule has 0 amide bonds. The fourth-order valence-corrected chi connectivity index (χ4v) is 2.88. The van der Waals surface area contributed by atoms with Crippen LogP contribution < -0.4 is 10.1 Å². The lowest BCUT2D eigenvalue weighted by Crippen LogP contribution is -2.34. The molecule has 1 unspecified atom stereocenters. The standard InChI is InChI=1S/C16H21NO3S/c1-3-20-13-7-4-6-12(15(13)18)10-17-11-16(2,19)14-8-5-9-21-14/h4-9,17-19H,3,10-11H2,1-2H3. The van der Waals surface area contributed by atoms with Crippen molar-refractivity contribution < 1.29 is 14.9 Å². The van der Waals surface area contributed by atoms with Crippen molar-refractivity contribution in [1.29, 1.82) is 0 Å². The van der Waals surface area contributed by atoms with Crippen LogP contribution in [0.1, 0.15) is 24.3 Å². The van der Waals surface area contributed by atoms with Crippen molar-refractivity contribution in [3.8, 4) is 11.5 Å². The van der Waals surface area contributed by atoms with Gasteiger partial charge in [0.2, 0.25) is 0 Å². The first-order valence-electron chi connectivity index (χ1n) is 6.95. The molecule has 1 aromatic carbocycles. The van der Waals surface area contributed by atoms with E-state index in [0.29, 0.717) is 25.4 Å². The SMILES string of the molecule is CCOc1cccc(CNCC(C)(O)c2cccs2)c1O. The van der Waals surface area contributed by atoms with Crippen LogP contribution >= 0.6 is 11.3 Å². The zero-order chi connectivity index (χ0) is 15.3. The summed E-state index contributed by atoms with van der Waals surface area (Å²) in [7, 11) is 0. The molecule has 1 atom stereocenters. The number of benzene rings is 1. The molecule has 0 aliphatic rings. The van der Waals surface area contributed by atoms with E-state index in [1.54, 1.807) is 13.0 Å². The topological polar surface area (TPSA) is 61.7 Å². The monoisotopic (exact) mass is 307 g/mol. The molecule has 0 aliphatic carbocycles. The number of para-hydroxylation sites is 1. The summed E-state index contributed by atoms with van der Waals surface area (Å²) in [6.45, 7) is 5.04. The average molecular weight is 307 g/mol. The van der Waals surface area contributed by atoms with Crippen LogP contribution in [0.4, 0.5) is 0 Å². The molecule has 0 spiro atoms. The number of ether oxygens (including phenoxy) is 1. The Morgan fingerprint density at radius 2 is 2.10 bits per heavy atom. The second-order valence-corrected chi connectivity index (χ2v) is 6.00. The molecule has 0 fully saturated rings. The van der Waals surface area contributed by atoms with Gasteiger partial charge in [-0.15, -0.1) is 11.3 Å². The number of thiophene rings is 1. The third-order valence-electron chi connectivity index (χ3n) is 3.22. The molecule has 2 aromatic rings. The van der Waals surface area contributed by atoms with Gasteiger partial charge in [-0.25, -0.2) is 0 Å². The van der Waals surface area contributed by atoms with E-state index in [4.69, 9.17) is 4.74 Å². The lowest BCUT2D eigenvalue weighted by molar-refractivity contribution is 0.0604. The average Bonchev–Trinajstić information content (AvgIpc) is 2.98. The highest BCUT2D eigenvalue weighted by molar-refractivity contribution is 7.10.